The third kappa shape index (κ3) is 1.91. The highest BCUT2D eigenvalue weighted by Crippen LogP contribution is 2.34. The van der Waals surface area contributed by atoms with Crippen LogP contribution in [0.2, 0.25) is 0 Å². The molecule has 1 aliphatic heterocycles. The standard InChI is InChI=1S/C11H15N3O3/c1-11(12)6-5-7-8(14(11)10(15)16)3-4-9(13-7)17-2/h3-4H,5-6,12H2,1-2H3,(H,15,16). The molecule has 1 atom stereocenters. The zero-order valence-electron chi connectivity index (χ0n) is 9.80. The van der Waals surface area contributed by atoms with E-state index in [-0.39, 0.29) is 0 Å². The Kier molecular flexibility index (Phi) is 2.66. The van der Waals surface area contributed by atoms with Gasteiger partial charge in [0.05, 0.1) is 24.2 Å². The first-order valence-corrected chi connectivity index (χ1v) is 5.31. The zero-order chi connectivity index (χ0) is 12.6. The van der Waals surface area contributed by atoms with E-state index >= 15 is 0 Å². The summed E-state index contributed by atoms with van der Waals surface area (Å²) in [6, 6.07) is 3.32. The van der Waals surface area contributed by atoms with Gasteiger partial charge in [-0.15, -0.1) is 0 Å². The van der Waals surface area contributed by atoms with Gasteiger partial charge in [-0.3, -0.25) is 4.90 Å². The summed E-state index contributed by atoms with van der Waals surface area (Å²) in [6.07, 6.45) is 0.110. The lowest BCUT2D eigenvalue weighted by Gasteiger charge is -2.40. The Morgan fingerprint density at radius 1 is 1.65 bits per heavy atom. The third-order valence-electron chi connectivity index (χ3n) is 2.94. The number of aryl methyl sites for hydroxylation is 1. The molecule has 3 N–H and O–H groups in total. The fourth-order valence-electron chi connectivity index (χ4n) is 2.06. The largest absolute Gasteiger partial charge is 0.481 e. The highest BCUT2D eigenvalue weighted by Gasteiger charge is 2.38. The van der Waals surface area contributed by atoms with Crippen LogP contribution in [-0.4, -0.2) is 29.0 Å². The molecule has 0 fully saturated rings. The summed E-state index contributed by atoms with van der Waals surface area (Å²) in [5, 5.41) is 9.23. The van der Waals surface area contributed by atoms with Gasteiger partial charge in [0, 0.05) is 6.07 Å². The summed E-state index contributed by atoms with van der Waals surface area (Å²) in [5.74, 6) is 0.481. The van der Waals surface area contributed by atoms with Crippen molar-refractivity contribution in [2.24, 2.45) is 5.73 Å². The number of nitrogens with two attached hydrogens (primary N) is 1. The van der Waals surface area contributed by atoms with E-state index in [1.54, 1.807) is 19.1 Å². The molecule has 2 rings (SSSR count). The van der Waals surface area contributed by atoms with Crippen molar-refractivity contribution >= 4 is 11.8 Å². The third-order valence-corrected chi connectivity index (χ3v) is 2.94. The molecule has 1 aromatic rings. The van der Waals surface area contributed by atoms with Gasteiger partial charge in [-0.25, -0.2) is 9.78 Å². The van der Waals surface area contributed by atoms with Crippen molar-refractivity contribution in [3.8, 4) is 5.88 Å². The van der Waals surface area contributed by atoms with Crippen LogP contribution in [0.4, 0.5) is 10.5 Å². The van der Waals surface area contributed by atoms with Gasteiger partial charge in [0.1, 0.15) is 0 Å². The minimum atomic E-state index is -1.07. The average molecular weight is 237 g/mol. The predicted octanol–water partition coefficient (Wildman–Crippen LogP) is 1.20. The molecular formula is C11H15N3O3. The van der Waals surface area contributed by atoms with Crippen molar-refractivity contribution in [2.45, 2.75) is 25.4 Å². The van der Waals surface area contributed by atoms with E-state index < -0.39 is 11.8 Å². The minimum Gasteiger partial charge on any atom is -0.481 e. The fourth-order valence-corrected chi connectivity index (χ4v) is 2.06. The normalized spacial score (nSPS) is 23.1. The molecule has 6 nitrogen and oxygen atoms in total. The molecule has 2 heterocycles. The molecule has 1 unspecified atom stereocenters. The van der Waals surface area contributed by atoms with Crippen LogP contribution >= 0.6 is 0 Å². The SMILES string of the molecule is COc1ccc2c(n1)CCC(C)(N)N2C(=O)O. The van der Waals surface area contributed by atoms with Crippen molar-refractivity contribution in [3.05, 3.63) is 17.8 Å². The van der Waals surface area contributed by atoms with Crippen LogP contribution in [-0.2, 0) is 6.42 Å². The molecule has 0 saturated heterocycles. The summed E-state index contributed by atoms with van der Waals surface area (Å²) in [4.78, 5) is 16.7. The molecule has 0 saturated carbocycles. The average Bonchev–Trinajstić information content (AvgIpc) is 2.26. The van der Waals surface area contributed by atoms with Crippen LogP contribution in [0.25, 0.3) is 0 Å². The van der Waals surface area contributed by atoms with Gasteiger partial charge in [-0.2, -0.15) is 0 Å². The van der Waals surface area contributed by atoms with Crippen molar-refractivity contribution < 1.29 is 14.6 Å². The Balaban J connectivity index is 2.50. The lowest BCUT2D eigenvalue weighted by atomic mass is 9.96. The van der Waals surface area contributed by atoms with E-state index in [1.807, 2.05) is 0 Å². The van der Waals surface area contributed by atoms with E-state index in [9.17, 15) is 9.90 Å². The maximum atomic E-state index is 11.3. The van der Waals surface area contributed by atoms with Gasteiger partial charge in [-0.05, 0) is 25.8 Å². The van der Waals surface area contributed by atoms with Gasteiger partial charge < -0.3 is 15.6 Å². The Morgan fingerprint density at radius 2 is 2.35 bits per heavy atom. The highest BCUT2D eigenvalue weighted by molar-refractivity contribution is 5.89. The van der Waals surface area contributed by atoms with Crippen LogP contribution in [0.5, 0.6) is 5.88 Å². The number of methoxy groups -OCH3 is 1. The maximum Gasteiger partial charge on any atom is 0.413 e. The lowest BCUT2D eigenvalue weighted by Crippen LogP contribution is -2.58. The van der Waals surface area contributed by atoms with Crippen molar-refractivity contribution in [2.75, 3.05) is 12.0 Å². The predicted molar refractivity (Wildman–Crippen MR) is 62.2 cm³/mol. The Bertz CT molecular complexity index is 459. The molecule has 17 heavy (non-hydrogen) atoms. The summed E-state index contributed by atoms with van der Waals surface area (Å²) in [5.41, 5.74) is 6.34. The van der Waals surface area contributed by atoms with Gasteiger partial charge in [0.15, 0.2) is 0 Å². The maximum absolute atomic E-state index is 11.3. The quantitative estimate of drug-likeness (QED) is 0.766. The number of hydrogen-bond donors (Lipinski definition) is 2. The Labute approximate surface area is 99.0 Å². The second-order valence-electron chi connectivity index (χ2n) is 4.29. The number of nitrogens with zero attached hydrogens (tertiary/aromatic N) is 2. The van der Waals surface area contributed by atoms with Crippen LogP contribution in [0.1, 0.15) is 19.0 Å². The molecule has 0 spiro atoms. The summed E-state index contributed by atoms with van der Waals surface area (Å²) < 4.78 is 5.02. The van der Waals surface area contributed by atoms with E-state index in [0.29, 0.717) is 30.1 Å². The number of anilines is 1. The molecule has 92 valence electrons. The van der Waals surface area contributed by atoms with Crippen molar-refractivity contribution in [3.63, 3.8) is 0 Å². The fraction of sp³-hybridized carbons (Fsp3) is 0.455. The van der Waals surface area contributed by atoms with Gasteiger partial charge >= 0.3 is 6.09 Å². The second-order valence-corrected chi connectivity index (χ2v) is 4.29. The Hall–Kier alpha value is -1.82. The number of fused-ring (bicyclic) bond motifs is 1. The molecule has 1 aliphatic rings. The van der Waals surface area contributed by atoms with Crippen molar-refractivity contribution in [1.29, 1.82) is 0 Å². The first-order chi connectivity index (χ1) is 7.95. The highest BCUT2D eigenvalue weighted by atomic mass is 16.5. The number of hydrogen-bond acceptors (Lipinski definition) is 4. The number of carboxylic acid groups (broad SMARTS) is 1. The number of carbonyl (C=O) groups is 1. The number of rotatable bonds is 1. The molecule has 0 aliphatic carbocycles. The first kappa shape index (κ1) is 11.7. The second kappa shape index (κ2) is 3.89. The number of aromatic nitrogens is 1. The number of amides is 1. The lowest BCUT2D eigenvalue weighted by molar-refractivity contribution is 0.190. The van der Waals surface area contributed by atoms with Crippen LogP contribution < -0.4 is 15.4 Å². The summed E-state index contributed by atoms with van der Waals surface area (Å²) >= 11 is 0. The number of ether oxygens (including phenoxy) is 1. The molecule has 6 heteroatoms. The first-order valence-electron chi connectivity index (χ1n) is 5.31. The molecule has 0 bridgehead atoms. The zero-order valence-corrected chi connectivity index (χ0v) is 9.80. The molecule has 0 aromatic carbocycles. The van der Waals surface area contributed by atoms with E-state index in [1.165, 1.54) is 7.11 Å². The molecule has 1 amide bonds. The summed E-state index contributed by atoms with van der Waals surface area (Å²) in [6.45, 7) is 1.70. The van der Waals surface area contributed by atoms with Crippen LogP contribution in [0, 0.1) is 0 Å². The van der Waals surface area contributed by atoms with Crippen LogP contribution in [0.15, 0.2) is 12.1 Å². The summed E-state index contributed by atoms with van der Waals surface area (Å²) in [7, 11) is 1.53. The number of pyridine rings is 1. The van der Waals surface area contributed by atoms with Crippen molar-refractivity contribution in [1.82, 2.24) is 4.98 Å². The van der Waals surface area contributed by atoms with E-state index in [2.05, 4.69) is 4.98 Å². The molecule has 0 radical (unpaired) electrons. The Morgan fingerprint density at radius 3 is 2.94 bits per heavy atom. The smallest absolute Gasteiger partial charge is 0.413 e. The van der Waals surface area contributed by atoms with E-state index in [0.717, 1.165) is 4.90 Å². The van der Waals surface area contributed by atoms with Crippen LogP contribution in [0.3, 0.4) is 0 Å². The molecular weight excluding hydrogens is 222 g/mol. The van der Waals surface area contributed by atoms with Gasteiger partial charge in [0.2, 0.25) is 5.88 Å². The van der Waals surface area contributed by atoms with Gasteiger partial charge in [0.25, 0.3) is 0 Å². The monoisotopic (exact) mass is 237 g/mol. The molecule has 1 aromatic heterocycles. The van der Waals surface area contributed by atoms with E-state index in [4.69, 9.17) is 10.5 Å². The van der Waals surface area contributed by atoms with Gasteiger partial charge in [-0.1, -0.05) is 0 Å². The topological polar surface area (TPSA) is 88.7 Å². The minimum absolute atomic E-state index is 0.481.